The minimum Gasteiger partial charge on any atom is -0.481 e. The number of carboxylic acid groups (broad SMARTS) is 1. The molecule has 1 saturated heterocycles. The number of carbonyl (C=O) groups is 1. The molecular formula is C12H12F3NO2. The summed E-state index contributed by atoms with van der Waals surface area (Å²) in [5, 5.41) is 11.6. The van der Waals surface area contributed by atoms with Crippen LogP contribution >= 0.6 is 0 Å². The van der Waals surface area contributed by atoms with Crippen molar-refractivity contribution in [3.63, 3.8) is 0 Å². The van der Waals surface area contributed by atoms with Crippen LogP contribution < -0.4 is 5.32 Å². The van der Waals surface area contributed by atoms with Crippen molar-refractivity contribution in [2.45, 2.75) is 12.1 Å². The third kappa shape index (κ3) is 1.77. The Balaban J connectivity index is 2.50. The zero-order chi connectivity index (χ0) is 13.4. The molecule has 6 heteroatoms. The summed E-state index contributed by atoms with van der Waals surface area (Å²) in [6.45, 7) is -0.582. The molecule has 2 N–H and O–H groups in total. The molecule has 0 amide bonds. The van der Waals surface area contributed by atoms with Gasteiger partial charge in [0.2, 0.25) is 0 Å². The number of hydrogen-bond acceptors (Lipinski definition) is 2. The molecule has 0 saturated carbocycles. The Morgan fingerprint density at radius 3 is 2.44 bits per heavy atom. The summed E-state index contributed by atoms with van der Waals surface area (Å²) in [5.41, 5.74) is -2.35. The predicted octanol–water partition coefficient (Wildman–Crippen LogP) is 2.01. The van der Waals surface area contributed by atoms with E-state index in [1.165, 1.54) is 12.1 Å². The third-order valence-electron chi connectivity index (χ3n) is 3.44. The van der Waals surface area contributed by atoms with E-state index in [4.69, 9.17) is 5.11 Å². The first-order valence-electron chi connectivity index (χ1n) is 5.45. The van der Waals surface area contributed by atoms with Gasteiger partial charge in [-0.1, -0.05) is 30.3 Å². The Morgan fingerprint density at radius 2 is 1.94 bits per heavy atom. The highest BCUT2D eigenvalue weighted by Gasteiger charge is 2.67. The minimum atomic E-state index is -4.79. The second-order valence-electron chi connectivity index (χ2n) is 4.37. The SMILES string of the molecule is O=C(O)C1(C(F)(F)F)CNCC1c1ccccc1. The first-order chi connectivity index (χ1) is 8.39. The molecule has 2 atom stereocenters. The molecule has 1 fully saturated rings. The average Bonchev–Trinajstić information content (AvgIpc) is 2.75. The van der Waals surface area contributed by atoms with Gasteiger partial charge in [0.05, 0.1) is 0 Å². The van der Waals surface area contributed by atoms with Gasteiger partial charge >= 0.3 is 12.1 Å². The lowest BCUT2D eigenvalue weighted by Crippen LogP contribution is -2.50. The maximum atomic E-state index is 13.2. The molecule has 98 valence electrons. The standard InChI is InChI=1S/C12H12F3NO2/c13-12(14,15)11(10(17)18)7-16-6-9(11)8-4-2-1-3-5-8/h1-5,9,16H,6-7H2,(H,17,18). The molecule has 0 radical (unpaired) electrons. The van der Waals surface area contributed by atoms with Gasteiger partial charge in [0, 0.05) is 19.0 Å². The van der Waals surface area contributed by atoms with Gasteiger partial charge < -0.3 is 10.4 Å². The second kappa shape index (κ2) is 4.28. The van der Waals surface area contributed by atoms with Gasteiger partial charge in [-0.3, -0.25) is 4.79 Å². The van der Waals surface area contributed by atoms with Gasteiger partial charge in [0.1, 0.15) is 0 Å². The van der Waals surface area contributed by atoms with Crippen LogP contribution in [0.1, 0.15) is 11.5 Å². The number of alkyl halides is 3. The fourth-order valence-corrected chi connectivity index (χ4v) is 2.44. The largest absolute Gasteiger partial charge is 0.481 e. The van der Waals surface area contributed by atoms with Gasteiger partial charge in [-0.05, 0) is 5.56 Å². The quantitative estimate of drug-likeness (QED) is 0.854. The number of carboxylic acids is 1. The van der Waals surface area contributed by atoms with Crippen molar-refractivity contribution in [2.75, 3.05) is 13.1 Å². The molecule has 0 aliphatic carbocycles. The van der Waals surface area contributed by atoms with E-state index in [0.717, 1.165) is 0 Å². The molecule has 0 spiro atoms. The molecular weight excluding hydrogens is 247 g/mol. The van der Waals surface area contributed by atoms with Crippen LogP contribution in [-0.2, 0) is 4.79 Å². The Bertz CT molecular complexity index is 446. The Hall–Kier alpha value is -1.56. The van der Waals surface area contributed by atoms with Crippen molar-refractivity contribution in [3.8, 4) is 0 Å². The molecule has 0 bridgehead atoms. The summed E-state index contributed by atoms with van der Waals surface area (Å²) in [4.78, 5) is 11.2. The summed E-state index contributed by atoms with van der Waals surface area (Å²) in [7, 11) is 0. The summed E-state index contributed by atoms with van der Waals surface area (Å²) in [6.07, 6.45) is -4.79. The molecule has 1 aromatic carbocycles. The molecule has 3 nitrogen and oxygen atoms in total. The van der Waals surface area contributed by atoms with Gasteiger partial charge in [-0.25, -0.2) is 0 Å². The summed E-state index contributed by atoms with van der Waals surface area (Å²) >= 11 is 0. The van der Waals surface area contributed by atoms with Crippen molar-refractivity contribution in [3.05, 3.63) is 35.9 Å². The van der Waals surface area contributed by atoms with Crippen LogP contribution in [0.25, 0.3) is 0 Å². The van der Waals surface area contributed by atoms with Crippen LogP contribution in [0.4, 0.5) is 13.2 Å². The van der Waals surface area contributed by atoms with E-state index in [2.05, 4.69) is 5.32 Å². The van der Waals surface area contributed by atoms with E-state index in [-0.39, 0.29) is 6.54 Å². The molecule has 1 aliphatic rings. The molecule has 1 aliphatic heterocycles. The maximum Gasteiger partial charge on any atom is 0.406 e. The van der Waals surface area contributed by atoms with E-state index in [1.54, 1.807) is 18.2 Å². The highest BCUT2D eigenvalue weighted by molar-refractivity contribution is 5.78. The van der Waals surface area contributed by atoms with Crippen LogP contribution in [0.2, 0.25) is 0 Å². The lowest BCUT2D eigenvalue weighted by molar-refractivity contribution is -0.229. The second-order valence-corrected chi connectivity index (χ2v) is 4.37. The Labute approximate surface area is 102 Å². The highest BCUT2D eigenvalue weighted by atomic mass is 19.4. The first-order valence-corrected chi connectivity index (χ1v) is 5.45. The molecule has 2 unspecified atom stereocenters. The maximum absolute atomic E-state index is 13.2. The molecule has 1 heterocycles. The van der Waals surface area contributed by atoms with E-state index >= 15 is 0 Å². The van der Waals surface area contributed by atoms with Crippen molar-refractivity contribution in [1.82, 2.24) is 5.32 Å². The average molecular weight is 259 g/mol. The summed E-state index contributed by atoms with van der Waals surface area (Å²) in [6, 6.07) is 7.96. The van der Waals surface area contributed by atoms with E-state index in [1.807, 2.05) is 0 Å². The van der Waals surface area contributed by atoms with Gasteiger partial charge in [0.15, 0.2) is 5.41 Å². The molecule has 1 aromatic rings. The zero-order valence-electron chi connectivity index (χ0n) is 9.37. The predicted molar refractivity (Wildman–Crippen MR) is 58.2 cm³/mol. The lowest BCUT2D eigenvalue weighted by atomic mass is 9.74. The zero-order valence-corrected chi connectivity index (χ0v) is 9.37. The van der Waals surface area contributed by atoms with Gasteiger partial charge in [-0.2, -0.15) is 13.2 Å². The molecule has 2 rings (SSSR count). The number of aliphatic carboxylic acids is 1. The fraction of sp³-hybridized carbons (Fsp3) is 0.417. The smallest absolute Gasteiger partial charge is 0.406 e. The molecule has 18 heavy (non-hydrogen) atoms. The van der Waals surface area contributed by atoms with Crippen molar-refractivity contribution in [2.24, 2.45) is 5.41 Å². The van der Waals surface area contributed by atoms with Gasteiger partial charge in [0.25, 0.3) is 0 Å². The van der Waals surface area contributed by atoms with Crippen molar-refractivity contribution in [1.29, 1.82) is 0 Å². The lowest BCUT2D eigenvalue weighted by Gasteiger charge is -2.32. The van der Waals surface area contributed by atoms with Crippen LogP contribution in [-0.4, -0.2) is 30.3 Å². The van der Waals surface area contributed by atoms with Crippen LogP contribution in [0, 0.1) is 5.41 Å². The van der Waals surface area contributed by atoms with Crippen LogP contribution in [0.5, 0.6) is 0 Å². The number of benzene rings is 1. The topological polar surface area (TPSA) is 49.3 Å². The minimum absolute atomic E-state index is 0.00975. The van der Waals surface area contributed by atoms with Crippen molar-refractivity contribution >= 4 is 5.97 Å². The van der Waals surface area contributed by atoms with Gasteiger partial charge in [-0.15, -0.1) is 0 Å². The van der Waals surface area contributed by atoms with Crippen LogP contribution in [0.3, 0.4) is 0 Å². The normalized spacial score (nSPS) is 28.3. The fourth-order valence-electron chi connectivity index (χ4n) is 2.44. The van der Waals surface area contributed by atoms with Crippen molar-refractivity contribution < 1.29 is 23.1 Å². The Kier molecular flexibility index (Phi) is 3.06. The van der Waals surface area contributed by atoms with E-state index < -0.39 is 30.0 Å². The van der Waals surface area contributed by atoms with E-state index in [0.29, 0.717) is 5.56 Å². The van der Waals surface area contributed by atoms with Crippen LogP contribution in [0.15, 0.2) is 30.3 Å². The number of halogens is 3. The summed E-state index contributed by atoms with van der Waals surface area (Å²) in [5.74, 6) is -2.93. The number of hydrogen-bond donors (Lipinski definition) is 2. The third-order valence-corrected chi connectivity index (χ3v) is 3.44. The highest BCUT2D eigenvalue weighted by Crippen LogP contribution is 2.50. The number of nitrogens with one attached hydrogen (secondary N) is 1. The monoisotopic (exact) mass is 259 g/mol. The number of rotatable bonds is 2. The first kappa shape index (κ1) is 12.9. The Morgan fingerprint density at radius 1 is 1.33 bits per heavy atom. The summed E-state index contributed by atoms with van der Waals surface area (Å²) < 4.78 is 39.5. The van der Waals surface area contributed by atoms with E-state index in [9.17, 15) is 18.0 Å². The molecule has 0 aromatic heterocycles.